The summed E-state index contributed by atoms with van der Waals surface area (Å²) in [5.41, 5.74) is 2.39. The number of aliphatic hydroxyl groups is 1. The van der Waals surface area contributed by atoms with Gasteiger partial charge < -0.3 is 20.1 Å². The number of allylic oxidation sites excluding steroid dienone is 2. The molecule has 0 saturated carbocycles. The summed E-state index contributed by atoms with van der Waals surface area (Å²) in [6.07, 6.45) is 6.21. The third-order valence-electron chi connectivity index (χ3n) is 7.54. The maximum atomic E-state index is 13.4. The van der Waals surface area contributed by atoms with Crippen LogP contribution in [0.2, 0.25) is 0 Å². The molecular formula is C34H44N2O5. The number of ether oxygens (including phenoxy) is 1. The van der Waals surface area contributed by atoms with Crippen molar-refractivity contribution >= 4 is 17.8 Å². The van der Waals surface area contributed by atoms with Crippen molar-refractivity contribution in [2.24, 2.45) is 11.8 Å². The lowest BCUT2D eigenvalue weighted by Gasteiger charge is -2.37. The van der Waals surface area contributed by atoms with Crippen molar-refractivity contribution in [3.63, 3.8) is 0 Å². The molecule has 41 heavy (non-hydrogen) atoms. The molecule has 1 aliphatic heterocycles. The Kier molecular flexibility index (Phi) is 11.9. The average molecular weight is 561 g/mol. The van der Waals surface area contributed by atoms with Gasteiger partial charge in [-0.25, -0.2) is 0 Å². The zero-order chi connectivity index (χ0) is 29.8. The van der Waals surface area contributed by atoms with Gasteiger partial charge in [0.25, 0.3) is 0 Å². The van der Waals surface area contributed by atoms with Gasteiger partial charge in [-0.1, -0.05) is 66.7 Å². The molecule has 2 amide bonds. The van der Waals surface area contributed by atoms with Crippen molar-refractivity contribution in [3.8, 4) is 0 Å². The van der Waals surface area contributed by atoms with E-state index in [0.717, 1.165) is 16.7 Å². The van der Waals surface area contributed by atoms with E-state index in [-0.39, 0.29) is 49.4 Å². The fourth-order valence-corrected chi connectivity index (χ4v) is 5.22. The van der Waals surface area contributed by atoms with Crippen LogP contribution < -0.4 is 5.32 Å². The molecule has 2 aromatic carbocycles. The molecule has 7 nitrogen and oxygen atoms in total. The molecule has 0 aromatic heterocycles. The molecule has 3 atom stereocenters. The SMILES string of the molecule is C=CCCC(Cc1ccccc1)C(=O)OCC(C)(C)NC(=O)C(CC=C)CC(=O)N1Cc2ccccc2CC1CO. The highest BCUT2D eigenvalue weighted by Crippen LogP contribution is 2.26. The molecule has 3 unspecified atom stereocenters. The largest absolute Gasteiger partial charge is 0.463 e. The monoisotopic (exact) mass is 560 g/mol. The van der Waals surface area contributed by atoms with E-state index in [1.54, 1.807) is 30.9 Å². The highest BCUT2D eigenvalue weighted by Gasteiger charge is 2.34. The summed E-state index contributed by atoms with van der Waals surface area (Å²) in [7, 11) is 0. The average Bonchev–Trinajstić information content (AvgIpc) is 2.97. The molecule has 1 aliphatic rings. The first kappa shape index (κ1) is 31.8. The van der Waals surface area contributed by atoms with Crippen LogP contribution in [0, 0.1) is 11.8 Å². The van der Waals surface area contributed by atoms with E-state index in [1.807, 2.05) is 54.6 Å². The number of amides is 2. The molecule has 0 aliphatic carbocycles. The molecule has 1 heterocycles. The Morgan fingerprint density at radius 3 is 2.39 bits per heavy atom. The Morgan fingerprint density at radius 2 is 1.73 bits per heavy atom. The molecular weight excluding hydrogens is 516 g/mol. The van der Waals surface area contributed by atoms with Gasteiger partial charge in [0.2, 0.25) is 11.8 Å². The summed E-state index contributed by atoms with van der Waals surface area (Å²) < 4.78 is 5.71. The van der Waals surface area contributed by atoms with Gasteiger partial charge in [0.15, 0.2) is 0 Å². The maximum Gasteiger partial charge on any atom is 0.309 e. The summed E-state index contributed by atoms with van der Waals surface area (Å²) in [5.74, 6) is -1.75. The smallest absolute Gasteiger partial charge is 0.309 e. The fraction of sp³-hybridized carbons (Fsp3) is 0.441. The van der Waals surface area contributed by atoms with Gasteiger partial charge in [0, 0.05) is 13.0 Å². The molecule has 220 valence electrons. The number of aliphatic hydroxyl groups excluding tert-OH is 1. The predicted molar refractivity (Wildman–Crippen MR) is 161 cm³/mol. The highest BCUT2D eigenvalue weighted by atomic mass is 16.5. The number of rotatable bonds is 15. The number of fused-ring (bicyclic) bond motifs is 1. The second-order valence-electron chi connectivity index (χ2n) is 11.5. The van der Waals surface area contributed by atoms with Crippen molar-refractivity contribution in [3.05, 3.63) is 96.6 Å². The van der Waals surface area contributed by atoms with Gasteiger partial charge in [-0.3, -0.25) is 14.4 Å². The standard InChI is InChI=1S/C34H44N2O5/c1-5-7-16-28(19-25-14-9-8-10-15-25)33(40)41-24-34(3,4)35-32(39)27(13-6-2)21-31(38)36-22-29-18-12-11-17-26(29)20-30(36)23-37/h5-6,8-12,14-15,17-18,27-28,30,37H,1-2,7,13,16,19-24H2,3-4H3,(H,35,39). The minimum absolute atomic E-state index is 0.00119. The summed E-state index contributed by atoms with van der Waals surface area (Å²) in [6, 6.07) is 17.4. The van der Waals surface area contributed by atoms with Crippen LogP contribution in [-0.2, 0) is 38.5 Å². The lowest BCUT2D eigenvalue weighted by Crippen LogP contribution is -2.51. The molecule has 0 radical (unpaired) electrons. The predicted octanol–water partition coefficient (Wildman–Crippen LogP) is 4.78. The van der Waals surface area contributed by atoms with Crippen LogP contribution in [0.1, 0.15) is 56.2 Å². The highest BCUT2D eigenvalue weighted by molar-refractivity contribution is 5.86. The topological polar surface area (TPSA) is 95.9 Å². The third kappa shape index (κ3) is 9.42. The number of hydrogen-bond donors (Lipinski definition) is 2. The first-order valence-corrected chi connectivity index (χ1v) is 14.4. The normalized spacial score (nSPS) is 16.2. The van der Waals surface area contributed by atoms with Crippen LogP contribution in [0.5, 0.6) is 0 Å². The number of carbonyl (C=O) groups is 3. The van der Waals surface area contributed by atoms with Crippen molar-refractivity contribution < 1.29 is 24.2 Å². The Hall–Kier alpha value is -3.71. The first-order chi connectivity index (χ1) is 19.7. The zero-order valence-corrected chi connectivity index (χ0v) is 24.4. The number of nitrogens with one attached hydrogen (secondary N) is 1. The van der Waals surface area contributed by atoms with Crippen molar-refractivity contribution in [2.45, 2.75) is 70.5 Å². The summed E-state index contributed by atoms with van der Waals surface area (Å²) >= 11 is 0. The van der Waals surface area contributed by atoms with Crippen LogP contribution in [0.4, 0.5) is 0 Å². The number of carbonyl (C=O) groups excluding carboxylic acids is 3. The van der Waals surface area contributed by atoms with E-state index in [9.17, 15) is 19.5 Å². The fourth-order valence-electron chi connectivity index (χ4n) is 5.22. The third-order valence-corrected chi connectivity index (χ3v) is 7.54. The van der Waals surface area contributed by atoms with Crippen LogP contribution in [-0.4, -0.2) is 52.6 Å². The van der Waals surface area contributed by atoms with E-state index >= 15 is 0 Å². The van der Waals surface area contributed by atoms with Gasteiger partial charge >= 0.3 is 5.97 Å². The molecule has 0 fully saturated rings. The summed E-state index contributed by atoms with van der Waals surface area (Å²) in [4.78, 5) is 41.4. The molecule has 0 spiro atoms. The van der Waals surface area contributed by atoms with E-state index in [4.69, 9.17) is 4.74 Å². The van der Waals surface area contributed by atoms with Gasteiger partial charge in [-0.15, -0.1) is 13.2 Å². The van der Waals surface area contributed by atoms with E-state index < -0.39 is 11.5 Å². The van der Waals surface area contributed by atoms with Crippen molar-refractivity contribution in [1.29, 1.82) is 0 Å². The molecule has 2 N–H and O–H groups in total. The Labute approximate surface area is 244 Å². The number of esters is 1. The molecule has 3 rings (SSSR count). The van der Waals surface area contributed by atoms with Crippen LogP contribution in [0.3, 0.4) is 0 Å². The quantitative estimate of drug-likeness (QED) is 0.242. The first-order valence-electron chi connectivity index (χ1n) is 14.4. The molecule has 7 heteroatoms. The lowest BCUT2D eigenvalue weighted by atomic mass is 9.92. The van der Waals surface area contributed by atoms with Crippen molar-refractivity contribution in [2.75, 3.05) is 13.2 Å². The Bertz CT molecular complexity index is 1190. The number of hydrogen-bond acceptors (Lipinski definition) is 5. The number of benzene rings is 2. The minimum atomic E-state index is -0.845. The molecule has 0 saturated heterocycles. The van der Waals surface area contributed by atoms with Crippen molar-refractivity contribution in [1.82, 2.24) is 10.2 Å². The van der Waals surface area contributed by atoms with Gasteiger partial charge in [0.1, 0.15) is 6.61 Å². The maximum absolute atomic E-state index is 13.4. The zero-order valence-electron chi connectivity index (χ0n) is 24.4. The van der Waals surface area contributed by atoms with Crippen LogP contribution in [0.15, 0.2) is 79.9 Å². The van der Waals surface area contributed by atoms with E-state index in [0.29, 0.717) is 38.6 Å². The van der Waals surface area contributed by atoms with Crippen LogP contribution >= 0.6 is 0 Å². The van der Waals surface area contributed by atoms with E-state index in [2.05, 4.69) is 18.5 Å². The summed E-state index contributed by atoms with van der Waals surface area (Å²) in [5, 5.41) is 13.0. The minimum Gasteiger partial charge on any atom is -0.463 e. The lowest BCUT2D eigenvalue weighted by molar-refractivity contribution is -0.151. The second kappa shape index (κ2) is 15.3. The van der Waals surface area contributed by atoms with Crippen LogP contribution in [0.25, 0.3) is 0 Å². The van der Waals surface area contributed by atoms with Gasteiger partial charge in [-0.2, -0.15) is 0 Å². The van der Waals surface area contributed by atoms with E-state index in [1.165, 1.54) is 0 Å². The molecule has 2 aromatic rings. The summed E-state index contributed by atoms with van der Waals surface area (Å²) in [6.45, 7) is 11.4. The Balaban J connectivity index is 1.60. The van der Waals surface area contributed by atoms with Gasteiger partial charge in [-0.05, 0) is 62.6 Å². The van der Waals surface area contributed by atoms with Gasteiger partial charge in [0.05, 0.1) is 30.0 Å². The number of nitrogens with zero attached hydrogens (tertiary/aromatic N) is 1. The molecule has 0 bridgehead atoms. The second-order valence-corrected chi connectivity index (χ2v) is 11.5. The Morgan fingerprint density at radius 1 is 1.05 bits per heavy atom.